The lowest BCUT2D eigenvalue weighted by Crippen LogP contribution is -2.05. The highest BCUT2D eigenvalue weighted by Crippen LogP contribution is 2.30. The van der Waals surface area contributed by atoms with Crippen molar-refractivity contribution in [3.8, 4) is 17.3 Å². The number of hydrogen-bond acceptors (Lipinski definition) is 5. The molecule has 8 heteroatoms. The van der Waals surface area contributed by atoms with E-state index in [1.54, 1.807) is 42.6 Å². The minimum absolute atomic E-state index is 0.131. The van der Waals surface area contributed by atoms with E-state index in [0.29, 0.717) is 26.3 Å². The van der Waals surface area contributed by atoms with Crippen molar-refractivity contribution in [3.63, 3.8) is 0 Å². The highest BCUT2D eigenvalue weighted by molar-refractivity contribution is 7.11. The molecule has 0 unspecified atom stereocenters. The van der Waals surface area contributed by atoms with Crippen molar-refractivity contribution >= 4 is 57.4 Å². The van der Waals surface area contributed by atoms with Crippen molar-refractivity contribution in [3.05, 3.63) is 69.1 Å². The van der Waals surface area contributed by atoms with Crippen molar-refractivity contribution in [1.29, 1.82) is 5.26 Å². The maximum atomic E-state index is 11.1. The van der Waals surface area contributed by atoms with Gasteiger partial charge in [-0.15, -0.1) is 11.3 Å². The van der Waals surface area contributed by atoms with Gasteiger partial charge in [-0.3, -0.25) is 4.79 Å². The predicted molar refractivity (Wildman–Crippen MR) is 116 cm³/mol. The lowest BCUT2D eigenvalue weighted by atomic mass is 10.2. The highest BCUT2D eigenvalue weighted by Gasteiger charge is 2.10. The minimum atomic E-state index is -0.131. The van der Waals surface area contributed by atoms with Crippen LogP contribution in [0.5, 0.6) is 0 Å². The van der Waals surface area contributed by atoms with Crippen molar-refractivity contribution < 1.29 is 4.79 Å². The molecule has 0 atom stereocenters. The van der Waals surface area contributed by atoms with Gasteiger partial charge in [0.15, 0.2) is 0 Å². The highest BCUT2D eigenvalue weighted by atomic mass is 35.5. The molecule has 1 amide bonds. The Balaban J connectivity index is 1.76. The van der Waals surface area contributed by atoms with Gasteiger partial charge in [0.1, 0.15) is 16.6 Å². The Bertz CT molecular complexity index is 1080. The Hall–Kier alpha value is -2.85. The Morgan fingerprint density at radius 2 is 1.86 bits per heavy atom. The molecule has 0 spiro atoms. The summed E-state index contributed by atoms with van der Waals surface area (Å²) in [7, 11) is 0. The monoisotopic (exact) mass is 428 g/mol. The van der Waals surface area contributed by atoms with Crippen LogP contribution in [0.1, 0.15) is 11.9 Å². The number of nitrogens with one attached hydrogen (secondary N) is 2. The molecular formula is C20H14Cl2N4OS. The Morgan fingerprint density at radius 1 is 1.14 bits per heavy atom. The number of nitriles is 1. The van der Waals surface area contributed by atoms with Gasteiger partial charge in [-0.2, -0.15) is 5.26 Å². The number of nitrogens with zero attached hydrogens (tertiary/aromatic N) is 2. The van der Waals surface area contributed by atoms with Crippen LogP contribution in [0.25, 0.3) is 16.8 Å². The number of carbonyl (C=O) groups excluding carboxylic acids is 1. The van der Waals surface area contributed by atoms with Gasteiger partial charge in [0.05, 0.1) is 15.7 Å². The van der Waals surface area contributed by atoms with Gasteiger partial charge in [0.25, 0.3) is 0 Å². The van der Waals surface area contributed by atoms with Gasteiger partial charge >= 0.3 is 0 Å². The summed E-state index contributed by atoms with van der Waals surface area (Å²) >= 11 is 13.4. The maximum absolute atomic E-state index is 11.1. The number of allylic oxidation sites excluding steroid dienone is 1. The molecule has 0 aliphatic carbocycles. The molecule has 0 aliphatic rings. The van der Waals surface area contributed by atoms with Crippen LogP contribution < -0.4 is 10.6 Å². The van der Waals surface area contributed by atoms with E-state index in [9.17, 15) is 10.1 Å². The molecular weight excluding hydrogens is 415 g/mol. The van der Waals surface area contributed by atoms with Gasteiger partial charge in [-0.05, 0) is 36.4 Å². The number of thiazole rings is 1. The number of anilines is 2. The first-order valence-electron chi connectivity index (χ1n) is 8.12. The van der Waals surface area contributed by atoms with E-state index in [1.807, 2.05) is 11.4 Å². The van der Waals surface area contributed by atoms with Gasteiger partial charge in [0.2, 0.25) is 5.91 Å². The molecule has 5 nitrogen and oxygen atoms in total. The Kier molecular flexibility index (Phi) is 6.32. The molecule has 3 aromatic rings. The van der Waals surface area contributed by atoms with Crippen molar-refractivity contribution in [2.45, 2.75) is 6.92 Å². The number of amides is 1. The van der Waals surface area contributed by atoms with Crippen molar-refractivity contribution in [2.24, 2.45) is 0 Å². The molecule has 1 heterocycles. The SMILES string of the molecule is CC(=O)Nc1ccc(NC=C(C#N)c2nc(-c3ccc(Cl)c(Cl)c3)cs2)cc1. The summed E-state index contributed by atoms with van der Waals surface area (Å²) in [4.78, 5) is 15.6. The van der Waals surface area contributed by atoms with Crippen molar-refractivity contribution in [2.75, 3.05) is 10.6 Å². The second-order valence-corrected chi connectivity index (χ2v) is 7.41. The number of aromatic nitrogens is 1. The Morgan fingerprint density at radius 3 is 2.50 bits per heavy atom. The zero-order chi connectivity index (χ0) is 20.1. The number of rotatable bonds is 5. The molecule has 0 radical (unpaired) electrons. The third-order valence-corrected chi connectivity index (χ3v) is 5.27. The number of carbonyl (C=O) groups is 1. The lowest BCUT2D eigenvalue weighted by Gasteiger charge is -2.04. The summed E-state index contributed by atoms with van der Waals surface area (Å²) in [6.45, 7) is 1.45. The van der Waals surface area contributed by atoms with E-state index >= 15 is 0 Å². The normalized spacial score (nSPS) is 11.0. The fraction of sp³-hybridized carbons (Fsp3) is 0.0500. The zero-order valence-electron chi connectivity index (χ0n) is 14.7. The largest absolute Gasteiger partial charge is 0.360 e. The van der Waals surface area contributed by atoms with E-state index in [4.69, 9.17) is 23.2 Å². The minimum Gasteiger partial charge on any atom is -0.360 e. The first-order valence-corrected chi connectivity index (χ1v) is 9.75. The predicted octanol–water partition coefficient (Wildman–Crippen LogP) is 6.05. The first-order chi connectivity index (χ1) is 13.5. The van der Waals surface area contributed by atoms with Gasteiger partial charge in [-0.1, -0.05) is 29.3 Å². The molecule has 0 fully saturated rings. The standard InChI is InChI=1S/C20H14Cl2N4OS/c1-12(27)25-16-5-3-15(4-6-16)24-10-14(9-23)20-26-19(11-28-20)13-2-7-17(21)18(22)8-13/h2-8,10-11,24H,1H3,(H,25,27). The summed E-state index contributed by atoms with van der Waals surface area (Å²) in [6.07, 6.45) is 1.60. The second kappa shape index (κ2) is 8.89. The van der Waals surface area contributed by atoms with E-state index in [1.165, 1.54) is 18.3 Å². The third kappa shape index (κ3) is 4.90. The van der Waals surface area contributed by atoms with Crippen molar-refractivity contribution in [1.82, 2.24) is 4.98 Å². The van der Waals surface area contributed by atoms with E-state index in [2.05, 4.69) is 21.7 Å². The van der Waals surface area contributed by atoms with Crippen LogP contribution in [0.2, 0.25) is 10.0 Å². The molecule has 2 aromatic carbocycles. The fourth-order valence-electron chi connectivity index (χ4n) is 2.34. The molecule has 3 rings (SSSR count). The van der Waals surface area contributed by atoms with Crippen LogP contribution in [-0.4, -0.2) is 10.9 Å². The van der Waals surface area contributed by atoms with Crippen LogP contribution in [-0.2, 0) is 4.79 Å². The maximum Gasteiger partial charge on any atom is 0.221 e. The molecule has 0 bridgehead atoms. The van der Waals surface area contributed by atoms with Crippen LogP contribution >= 0.6 is 34.5 Å². The van der Waals surface area contributed by atoms with Crippen LogP contribution in [0.4, 0.5) is 11.4 Å². The molecule has 1 aromatic heterocycles. The van der Waals surface area contributed by atoms with Gasteiger partial charge in [-0.25, -0.2) is 4.98 Å². The quantitative estimate of drug-likeness (QED) is 0.484. The topological polar surface area (TPSA) is 77.8 Å². The smallest absolute Gasteiger partial charge is 0.221 e. The summed E-state index contributed by atoms with van der Waals surface area (Å²) < 4.78 is 0. The summed E-state index contributed by atoms with van der Waals surface area (Å²) in [6, 6.07) is 14.6. The molecule has 0 saturated carbocycles. The average Bonchev–Trinajstić information content (AvgIpc) is 3.15. The first kappa shape index (κ1) is 19.9. The van der Waals surface area contributed by atoms with Gasteiger partial charge < -0.3 is 10.6 Å². The average molecular weight is 429 g/mol. The molecule has 0 saturated heterocycles. The Labute approximate surface area is 176 Å². The molecule has 2 N–H and O–H groups in total. The van der Waals surface area contributed by atoms with Crippen LogP contribution in [0, 0.1) is 11.3 Å². The lowest BCUT2D eigenvalue weighted by molar-refractivity contribution is -0.114. The molecule has 140 valence electrons. The van der Waals surface area contributed by atoms with E-state index in [-0.39, 0.29) is 5.91 Å². The fourth-order valence-corrected chi connectivity index (χ4v) is 3.43. The summed E-state index contributed by atoms with van der Waals surface area (Å²) in [5.41, 5.74) is 3.44. The molecule has 0 aliphatic heterocycles. The summed E-state index contributed by atoms with van der Waals surface area (Å²) in [5, 5.41) is 18.6. The summed E-state index contributed by atoms with van der Waals surface area (Å²) in [5.74, 6) is -0.131. The van der Waals surface area contributed by atoms with E-state index < -0.39 is 0 Å². The number of benzene rings is 2. The number of hydrogen-bond donors (Lipinski definition) is 2. The second-order valence-electron chi connectivity index (χ2n) is 5.74. The van der Waals surface area contributed by atoms with Crippen LogP contribution in [0.3, 0.4) is 0 Å². The zero-order valence-corrected chi connectivity index (χ0v) is 17.0. The third-order valence-electron chi connectivity index (χ3n) is 3.66. The van der Waals surface area contributed by atoms with Gasteiger partial charge in [0, 0.05) is 35.4 Å². The van der Waals surface area contributed by atoms with E-state index in [0.717, 1.165) is 16.9 Å². The number of halogens is 2. The van der Waals surface area contributed by atoms with Crippen LogP contribution in [0.15, 0.2) is 54.0 Å². The molecule has 28 heavy (non-hydrogen) atoms.